The van der Waals surface area contributed by atoms with Crippen LogP contribution in [0.5, 0.6) is 0 Å². The summed E-state index contributed by atoms with van der Waals surface area (Å²) in [4.78, 5) is 25.8. The second kappa shape index (κ2) is 6.34. The second-order valence-electron chi connectivity index (χ2n) is 6.01. The number of hydrogen-bond acceptors (Lipinski definition) is 4. The summed E-state index contributed by atoms with van der Waals surface area (Å²) in [5.41, 5.74) is 5.54. The highest BCUT2D eigenvalue weighted by atomic mass is 16.5. The lowest BCUT2D eigenvalue weighted by Gasteiger charge is -2.31. The van der Waals surface area contributed by atoms with Gasteiger partial charge in [-0.3, -0.25) is 9.59 Å². The van der Waals surface area contributed by atoms with E-state index >= 15 is 0 Å². The molecule has 1 fully saturated rings. The van der Waals surface area contributed by atoms with Gasteiger partial charge in [0.2, 0.25) is 11.8 Å². The number of ether oxygens (including phenoxy) is 1. The first-order chi connectivity index (χ1) is 8.73. The smallest absolute Gasteiger partial charge is 0.245 e. The normalized spacial score (nSPS) is 19.7. The molecule has 1 unspecified atom stereocenters. The Balaban J connectivity index is 2.51. The van der Waals surface area contributed by atoms with Crippen LogP contribution in [0.15, 0.2) is 0 Å². The van der Waals surface area contributed by atoms with Gasteiger partial charge >= 0.3 is 0 Å². The topological polar surface area (TPSA) is 84.7 Å². The zero-order valence-electron chi connectivity index (χ0n) is 12.2. The fourth-order valence-electron chi connectivity index (χ4n) is 1.82. The molecule has 6 heteroatoms. The van der Waals surface area contributed by atoms with Gasteiger partial charge in [-0.2, -0.15) is 0 Å². The lowest BCUT2D eigenvalue weighted by molar-refractivity contribution is -0.140. The van der Waals surface area contributed by atoms with E-state index < -0.39 is 12.1 Å². The van der Waals surface area contributed by atoms with E-state index in [-0.39, 0.29) is 17.2 Å². The summed E-state index contributed by atoms with van der Waals surface area (Å²) in [6, 6.07) is -1.19. The Bertz CT molecular complexity index is 333. The third kappa shape index (κ3) is 4.47. The van der Waals surface area contributed by atoms with E-state index in [9.17, 15) is 9.59 Å². The number of nitrogens with two attached hydrogens (primary N) is 1. The maximum absolute atomic E-state index is 12.1. The minimum Gasteiger partial charge on any atom is -0.378 e. The molecule has 6 nitrogen and oxygen atoms in total. The van der Waals surface area contributed by atoms with Crippen LogP contribution in [0.4, 0.5) is 0 Å². The zero-order chi connectivity index (χ0) is 14.6. The number of carbonyl (C=O) groups excluding carboxylic acids is 2. The van der Waals surface area contributed by atoms with Crippen LogP contribution in [0.25, 0.3) is 0 Å². The minimum atomic E-state index is -0.632. The van der Waals surface area contributed by atoms with Crippen molar-refractivity contribution in [2.75, 3.05) is 26.3 Å². The molecule has 19 heavy (non-hydrogen) atoms. The van der Waals surface area contributed by atoms with Gasteiger partial charge in [0.05, 0.1) is 19.3 Å². The van der Waals surface area contributed by atoms with Crippen LogP contribution in [0, 0.1) is 5.41 Å². The lowest BCUT2D eigenvalue weighted by Crippen LogP contribution is -2.55. The average Bonchev–Trinajstić information content (AvgIpc) is 2.36. The lowest BCUT2D eigenvalue weighted by atomic mass is 9.87. The van der Waals surface area contributed by atoms with Crippen molar-refractivity contribution in [3.8, 4) is 0 Å². The van der Waals surface area contributed by atoms with Gasteiger partial charge < -0.3 is 20.7 Å². The van der Waals surface area contributed by atoms with Crippen molar-refractivity contribution in [3.05, 3.63) is 0 Å². The largest absolute Gasteiger partial charge is 0.378 e. The van der Waals surface area contributed by atoms with Crippen molar-refractivity contribution < 1.29 is 14.3 Å². The number of amides is 2. The molecule has 0 aliphatic carbocycles. The van der Waals surface area contributed by atoms with Gasteiger partial charge in [-0.1, -0.05) is 20.8 Å². The van der Waals surface area contributed by atoms with E-state index in [1.54, 1.807) is 11.8 Å². The van der Waals surface area contributed by atoms with Crippen LogP contribution in [-0.2, 0) is 14.3 Å². The van der Waals surface area contributed by atoms with Crippen LogP contribution in [0.3, 0.4) is 0 Å². The molecule has 2 amide bonds. The summed E-state index contributed by atoms with van der Waals surface area (Å²) in [6.45, 7) is 9.62. The van der Waals surface area contributed by atoms with Gasteiger partial charge in [0.15, 0.2) is 0 Å². The van der Waals surface area contributed by atoms with Crippen LogP contribution in [0.2, 0.25) is 0 Å². The van der Waals surface area contributed by atoms with Crippen molar-refractivity contribution in [3.63, 3.8) is 0 Å². The summed E-state index contributed by atoms with van der Waals surface area (Å²) in [7, 11) is 0. The van der Waals surface area contributed by atoms with Gasteiger partial charge in [0.25, 0.3) is 0 Å². The SMILES string of the molecule is CC(NC(=O)[C@@H](N)C(C)(C)C)C(=O)N1CCOCC1. The molecule has 0 aromatic heterocycles. The number of hydrogen-bond donors (Lipinski definition) is 2. The molecule has 0 radical (unpaired) electrons. The molecule has 3 N–H and O–H groups in total. The van der Waals surface area contributed by atoms with E-state index in [0.717, 1.165) is 0 Å². The molecular weight excluding hydrogens is 246 g/mol. The van der Waals surface area contributed by atoms with E-state index in [2.05, 4.69) is 5.32 Å². The predicted octanol–water partition coefficient (Wildman–Crippen LogP) is -0.277. The Morgan fingerprint density at radius 1 is 1.26 bits per heavy atom. The highest BCUT2D eigenvalue weighted by molar-refractivity contribution is 5.89. The molecule has 1 saturated heterocycles. The molecule has 1 aliphatic rings. The first-order valence-electron chi connectivity index (χ1n) is 6.66. The Labute approximate surface area is 114 Å². The fourth-order valence-corrected chi connectivity index (χ4v) is 1.82. The fraction of sp³-hybridized carbons (Fsp3) is 0.846. The van der Waals surface area contributed by atoms with Gasteiger partial charge in [-0.25, -0.2) is 0 Å². The summed E-state index contributed by atoms with van der Waals surface area (Å²) in [6.07, 6.45) is 0. The van der Waals surface area contributed by atoms with Gasteiger partial charge in [0, 0.05) is 13.1 Å². The average molecular weight is 271 g/mol. The highest BCUT2D eigenvalue weighted by Crippen LogP contribution is 2.17. The van der Waals surface area contributed by atoms with E-state index in [1.807, 2.05) is 20.8 Å². The van der Waals surface area contributed by atoms with Gasteiger partial charge in [-0.05, 0) is 12.3 Å². The molecule has 0 spiro atoms. The Morgan fingerprint density at radius 3 is 2.26 bits per heavy atom. The predicted molar refractivity (Wildman–Crippen MR) is 72.4 cm³/mol. The minimum absolute atomic E-state index is 0.0854. The van der Waals surface area contributed by atoms with Crippen molar-refractivity contribution in [1.82, 2.24) is 10.2 Å². The first-order valence-corrected chi connectivity index (χ1v) is 6.66. The molecule has 0 saturated carbocycles. The van der Waals surface area contributed by atoms with Crippen molar-refractivity contribution in [2.45, 2.75) is 39.8 Å². The van der Waals surface area contributed by atoms with Crippen molar-refractivity contribution >= 4 is 11.8 Å². The van der Waals surface area contributed by atoms with Crippen molar-refractivity contribution in [1.29, 1.82) is 0 Å². The molecule has 0 aromatic carbocycles. The number of carbonyl (C=O) groups is 2. The standard InChI is InChI=1S/C13H25N3O3/c1-9(12(18)16-5-7-19-8-6-16)15-11(17)10(14)13(2,3)4/h9-10H,5-8,14H2,1-4H3,(H,15,17)/t9?,10-/m1/s1. The van der Waals surface area contributed by atoms with E-state index in [4.69, 9.17) is 10.5 Å². The van der Waals surface area contributed by atoms with E-state index in [1.165, 1.54) is 0 Å². The third-order valence-corrected chi connectivity index (χ3v) is 3.27. The zero-order valence-corrected chi connectivity index (χ0v) is 12.2. The quantitative estimate of drug-likeness (QED) is 0.739. The van der Waals surface area contributed by atoms with Gasteiger partial charge in [0.1, 0.15) is 6.04 Å². The molecule has 110 valence electrons. The Hall–Kier alpha value is -1.14. The summed E-state index contributed by atoms with van der Waals surface area (Å²) >= 11 is 0. The maximum Gasteiger partial charge on any atom is 0.245 e. The summed E-state index contributed by atoms with van der Waals surface area (Å²) in [5, 5.41) is 2.69. The number of morpholine rings is 1. The molecule has 0 bridgehead atoms. The van der Waals surface area contributed by atoms with Crippen molar-refractivity contribution in [2.24, 2.45) is 11.1 Å². The van der Waals surface area contributed by atoms with Crippen LogP contribution < -0.4 is 11.1 Å². The maximum atomic E-state index is 12.1. The molecule has 2 atom stereocenters. The molecule has 1 aliphatic heterocycles. The molecule has 1 rings (SSSR count). The van der Waals surface area contributed by atoms with Crippen LogP contribution in [-0.4, -0.2) is 55.1 Å². The second-order valence-corrected chi connectivity index (χ2v) is 6.01. The molecule has 0 aromatic rings. The van der Waals surface area contributed by atoms with E-state index in [0.29, 0.717) is 26.3 Å². The Morgan fingerprint density at radius 2 is 1.79 bits per heavy atom. The monoisotopic (exact) mass is 271 g/mol. The summed E-state index contributed by atoms with van der Waals surface area (Å²) < 4.78 is 5.19. The van der Waals surface area contributed by atoms with Crippen LogP contribution in [0.1, 0.15) is 27.7 Å². The first kappa shape index (κ1) is 15.9. The number of rotatable bonds is 3. The van der Waals surface area contributed by atoms with Gasteiger partial charge in [-0.15, -0.1) is 0 Å². The molecular formula is C13H25N3O3. The molecule has 1 heterocycles. The number of nitrogens with zero attached hydrogens (tertiary/aromatic N) is 1. The number of nitrogens with one attached hydrogen (secondary N) is 1. The summed E-state index contributed by atoms with van der Waals surface area (Å²) in [5.74, 6) is -0.376. The Kier molecular flexibility index (Phi) is 5.31. The highest BCUT2D eigenvalue weighted by Gasteiger charge is 2.30. The van der Waals surface area contributed by atoms with Crippen LogP contribution >= 0.6 is 0 Å². The third-order valence-electron chi connectivity index (χ3n) is 3.27.